The number of hydrogen-bond acceptors (Lipinski definition) is 2. The highest BCUT2D eigenvalue weighted by Gasteiger charge is 2.36. The molecule has 0 bridgehead atoms. The topological polar surface area (TPSA) is 62.3 Å². The summed E-state index contributed by atoms with van der Waals surface area (Å²) < 4.78 is 46.7. The molecular formula is C24H23ClF3NO3. The number of aromatic amines is 1. The van der Waals surface area contributed by atoms with E-state index in [1.54, 1.807) is 18.2 Å². The quantitative estimate of drug-likeness (QED) is 0.399. The Balaban J connectivity index is 1.66. The summed E-state index contributed by atoms with van der Waals surface area (Å²) in [6, 6.07) is 7.06. The molecule has 1 aliphatic rings. The minimum Gasteiger partial charge on any atom is -0.481 e. The first-order valence-electron chi connectivity index (χ1n) is 10.6. The summed E-state index contributed by atoms with van der Waals surface area (Å²) in [5.74, 6) is -0.927. The average Bonchev–Trinajstić information content (AvgIpc) is 3.11. The van der Waals surface area contributed by atoms with Gasteiger partial charge in [-0.05, 0) is 53.8 Å². The van der Waals surface area contributed by atoms with Crippen LogP contribution in [-0.2, 0) is 23.8 Å². The molecule has 4 nitrogen and oxygen atoms in total. The molecule has 32 heavy (non-hydrogen) atoms. The van der Waals surface area contributed by atoms with Gasteiger partial charge < -0.3 is 14.8 Å². The lowest BCUT2D eigenvalue weighted by atomic mass is 9.85. The molecule has 3 aromatic rings. The number of aromatic nitrogens is 1. The van der Waals surface area contributed by atoms with E-state index in [-0.39, 0.29) is 16.3 Å². The van der Waals surface area contributed by atoms with Crippen molar-refractivity contribution in [1.29, 1.82) is 0 Å². The van der Waals surface area contributed by atoms with Crippen LogP contribution < -0.4 is 4.74 Å². The van der Waals surface area contributed by atoms with E-state index in [4.69, 9.17) is 21.4 Å². The number of H-pyrrole nitrogens is 1. The Hall–Kier alpha value is -2.67. The fourth-order valence-corrected chi connectivity index (χ4v) is 4.73. The number of aliphatic carboxylic acids is 1. The maximum absolute atomic E-state index is 13.7. The number of fused-ring (bicyclic) bond motifs is 1. The van der Waals surface area contributed by atoms with Crippen molar-refractivity contribution in [3.05, 3.63) is 58.2 Å². The van der Waals surface area contributed by atoms with Crippen molar-refractivity contribution in [2.75, 3.05) is 0 Å². The maximum Gasteiger partial charge on any atom is 0.420 e. The van der Waals surface area contributed by atoms with Gasteiger partial charge in [-0.1, -0.05) is 43.7 Å². The zero-order valence-corrected chi connectivity index (χ0v) is 18.0. The minimum atomic E-state index is -4.75. The molecular weight excluding hydrogens is 443 g/mol. The molecule has 0 radical (unpaired) electrons. The fourth-order valence-electron chi connectivity index (χ4n) is 4.45. The van der Waals surface area contributed by atoms with Crippen molar-refractivity contribution >= 4 is 28.5 Å². The lowest BCUT2D eigenvalue weighted by molar-refractivity contribution is -0.139. The standard InChI is InChI=1S/C24H23ClF3NO3/c25-20-10-15(11-22(30)31)9-19(24(26,27)28)23(20)32-17-6-7-21-18(12-17)16(13-29-21)8-14-4-2-1-3-5-14/h6-7,9-10,12-14,29H,1-5,8,11H2,(H,30,31). The summed E-state index contributed by atoms with van der Waals surface area (Å²) in [5, 5.41) is 9.55. The van der Waals surface area contributed by atoms with Crippen LogP contribution >= 0.6 is 11.6 Å². The van der Waals surface area contributed by atoms with Gasteiger partial charge >= 0.3 is 12.1 Å². The van der Waals surface area contributed by atoms with Gasteiger partial charge in [0.25, 0.3) is 0 Å². The third kappa shape index (κ3) is 5.04. The number of rotatable bonds is 6. The van der Waals surface area contributed by atoms with Crippen molar-refractivity contribution in [3.8, 4) is 11.5 Å². The van der Waals surface area contributed by atoms with Gasteiger partial charge in [-0.25, -0.2) is 0 Å². The number of benzene rings is 2. The van der Waals surface area contributed by atoms with Gasteiger partial charge in [0.2, 0.25) is 0 Å². The number of carbonyl (C=O) groups is 1. The van der Waals surface area contributed by atoms with Gasteiger partial charge in [-0.15, -0.1) is 0 Å². The van der Waals surface area contributed by atoms with Crippen LogP contribution in [0.3, 0.4) is 0 Å². The molecule has 0 spiro atoms. The summed E-state index contributed by atoms with van der Waals surface area (Å²) in [6.45, 7) is 0. The summed E-state index contributed by atoms with van der Waals surface area (Å²) in [4.78, 5) is 14.2. The van der Waals surface area contributed by atoms with Crippen LogP contribution in [0.5, 0.6) is 11.5 Å². The Morgan fingerprint density at radius 3 is 2.59 bits per heavy atom. The first kappa shape index (κ1) is 22.5. The molecule has 1 saturated carbocycles. The molecule has 4 rings (SSSR count). The van der Waals surface area contributed by atoms with E-state index in [0.29, 0.717) is 5.92 Å². The molecule has 2 N–H and O–H groups in total. The molecule has 0 atom stereocenters. The second-order valence-electron chi connectivity index (χ2n) is 8.35. The number of carboxylic acids is 1. The maximum atomic E-state index is 13.7. The molecule has 1 aromatic heterocycles. The van der Waals surface area contributed by atoms with Gasteiger partial charge in [-0.2, -0.15) is 13.2 Å². The largest absolute Gasteiger partial charge is 0.481 e. The van der Waals surface area contributed by atoms with E-state index < -0.39 is 29.9 Å². The number of nitrogens with one attached hydrogen (secondary N) is 1. The van der Waals surface area contributed by atoms with Crippen molar-refractivity contribution in [2.24, 2.45) is 5.92 Å². The van der Waals surface area contributed by atoms with Gasteiger partial charge in [0, 0.05) is 17.1 Å². The SMILES string of the molecule is O=C(O)Cc1cc(Cl)c(Oc2ccc3[nH]cc(CC4CCCCC4)c3c2)c(C(F)(F)F)c1. The van der Waals surface area contributed by atoms with E-state index in [0.717, 1.165) is 29.0 Å². The summed E-state index contributed by atoms with van der Waals surface area (Å²) in [5.41, 5.74) is 0.870. The molecule has 1 fully saturated rings. The number of halogens is 4. The Bertz CT molecular complexity index is 1130. The molecule has 0 saturated heterocycles. The van der Waals surface area contributed by atoms with Crippen molar-refractivity contribution in [3.63, 3.8) is 0 Å². The third-order valence-corrected chi connectivity index (χ3v) is 6.24. The number of ether oxygens (including phenoxy) is 1. The van der Waals surface area contributed by atoms with Crippen LogP contribution in [0.1, 0.15) is 48.8 Å². The monoisotopic (exact) mass is 465 g/mol. The lowest BCUT2D eigenvalue weighted by Crippen LogP contribution is -2.10. The Labute approximate surface area is 188 Å². The van der Waals surface area contributed by atoms with Gasteiger partial charge in [-0.3, -0.25) is 4.79 Å². The van der Waals surface area contributed by atoms with Crippen LogP contribution in [-0.4, -0.2) is 16.1 Å². The van der Waals surface area contributed by atoms with Crippen LogP contribution in [0.15, 0.2) is 36.5 Å². The summed E-state index contributed by atoms with van der Waals surface area (Å²) in [6.07, 6.45) is 3.68. The first-order chi connectivity index (χ1) is 15.2. The van der Waals surface area contributed by atoms with Crippen molar-refractivity contribution in [1.82, 2.24) is 4.98 Å². The van der Waals surface area contributed by atoms with Gasteiger partial charge in [0.1, 0.15) is 5.75 Å². The van der Waals surface area contributed by atoms with E-state index in [9.17, 15) is 18.0 Å². The second kappa shape index (κ2) is 9.06. The van der Waals surface area contributed by atoms with Gasteiger partial charge in [0.05, 0.1) is 17.0 Å². The van der Waals surface area contributed by atoms with Crippen LogP contribution in [0, 0.1) is 5.92 Å². The predicted octanol–water partition coefficient (Wildman–Crippen LogP) is 7.38. The minimum absolute atomic E-state index is 0.0435. The first-order valence-corrected chi connectivity index (χ1v) is 11.0. The molecule has 0 aliphatic heterocycles. The smallest absolute Gasteiger partial charge is 0.420 e. The Kier molecular flexibility index (Phi) is 6.38. The highest BCUT2D eigenvalue weighted by molar-refractivity contribution is 6.32. The third-order valence-electron chi connectivity index (χ3n) is 5.96. The van der Waals surface area contributed by atoms with Crippen molar-refractivity contribution in [2.45, 2.75) is 51.1 Å². The van der Waals surface area contributed by atoms with E-state index in [1.165, 1.54) is 38.2 Å². The van der Waals surface area contributed by atoms with E-state index in [2.05, 4.69) is 4.98 Å². The fraction of sp³-hybridized carbons (Fsp3) is 0.375. The predicted molar refractivity (Wildman–Crippen MR) is 116 cm³/mol. The summed E-state index contributed by atoms with van der Waals surface area (Å²) in [7, 11) is 0. The highest BCUT2D eigenvalue weighted by Crippen LogP contribution is 2.43. The van der Waals surface area contributed by atoms with Crippen LogP contribution in [0.25, 0.3) is 10.9 Å². The van der Waals surface area contributed by atoms with E-state index >= 15 is 0 Å². The molecule has 170 valence electrons. The molecule has 0 amide bonds. The Morgan fingerprint density at radius 2 is 1.91 bits per heavy atom. The van der Waals surface area contributed by atoms with E-state index in [1.807, 2.05) is 6.20 Å². The zero-order chi connectivity index (χ0) is 22.9. The molecule has 0 unspecified atom stereocenters. The number of carboxylic acid groups (broad SMARTS) is 1. The zero-order valence-electron chi connectivity index (χ0n) is 17.3. The second-order valence-corrected chi connectivity index (χ2v) is 8.76. The number of alkyl halides is 3. The van der Waals surface area contributed by atoms with Gasteiger partial charge in [0.15, 0.2) is 5.75 Å². The summed E-state index contributed by atoms with van der Waals surface area (Å²) >= 11 is 6.11. The molecule has 2 aromatic carbocycles. The molecule has 1 aliphatic carbocycles. The lowest BCUT2D eigenvalue weighted by Gasteiger charge is -2.21. The highest BCUT2D eigenvalue weighted by atomic mass is 35.5. The number of hydrogen-bond donors (Lipinski definition) is 2. The normalized spacial score (nSPS) is 15.2. The van der Waals surface area contributed by atoms with Crippen molar-refractivity contribution < 1.29 is 27.8 Å². The Morgan fingerprint density at radius 1 is 1.16 bits per heavy atom. The average molecular weight is 466 g/mol. The molecule has 1 heterocycles. The van der Waals surface area contributed by atoms with Crippen LogP contribution in [0.4, 0.5) is 13.2 Å². The molecule has 8 heteroatoms. The van der Waals surface area contributed by atoms with Crippen LogP contribution in [0.2, 0.25) is 5.02 Å².